The van der Waals surface area contributed by atoms with E-state index in [9.17, 15) is 4.79 Å². The van der Waals surface area contributed by atoms with Gasteiger partial charge in [-0.3, -0.25) is 4.79 Å². The highest BCUT2D eigenvalue weighted by molar-refractivity contribution is 5.85. The molecule has 2 aromatic rings. The van der Waals surface area contributed by atoms with Gasteiger partial charge in [0.15, 0.2) is 0 Å². The third kappa shape index (κ3) is 6.45. The van der Waals surface area contributed by atoms with E-state index in [1.165, 1.54) is 11.1 Å². The van der Waals surface area contributed by atoms with E-state index in [2.05, 4.69) is 39.8 Å². The standard InChI is InChI=1S/C21H27N3O.ClH/c25-21(23-11-4-14-24-15-12-22-13-16-24)17-18-7-9-20(10-8-18)19-5-2-1-3-6-19;/h1-3,5-10,22H,4,11-17H2,(H,23,25);1H. The van der Waals surface area contributed by atoms with Crippen molar-refractivity contribution < 1.29 is 4.79 Å². The molecule has 0 aliphatic carbocycles. The number of piperazine rings is 1. The molecule has 0 aromatic heterocycles. The molecule has 4 nitrogen and oxygen atoms in total. The highest BCUT2D eigenvalue weighted by atomic mass is 35.5. The Kier molecular flexibility index (Phi) is 8.62. The fourth-order valence-electron chi connectivity index (χ4n) is 3.16. The fraction of sp³-hybridized carbons (Fsp3) is 0.381. The van der Waals surface area contributed by atoms with Crippen molar-refractivity contribution in [3.63, 3.8) is 0 Å². The molecule has 1 heterocycles. The topological polar surface area (TPSA) is 44.4 Å². The van der Waals surface area contributed by atoms with E-state index < -0.39 is 0 Å². The molecule has 0 saturated carbocycles. The zero-order valence-corrected chi connectivity index (χ0v) is 15.9. The van der Waals surface area contributed by atoms with Gasteiger partial charge in [0, 0.05) is 32.7 Å². The van der Waals surface area contributed by atoms with Gasteiger partial charge in [0.05, 0.1) is 6.42 Å². The summed E-state index contributed by atoms with van der Waals surface area (Å²) in [6.45, 7) is 6.19. The SMILES string of the molecule is Cl.O=C(Cc1ccc(-c2ccccc2)cc1)NCCCN1CCNCC1. The normalized spacial score (nSPS) is 14.5. The summed E-state index contributed by atoms with van der Waals surface area (Å²) in [5, 5.41) is 6.39. The van der Waals surface area contributed by atoms with E-state index >= 15 is 0 Å². The molecule has 0 radical (unpaired) electrons. The Morgan fingerprint density at radius 1 is 0.962 bits per heavy atom. The molecule has 1 aliphatic rings. The molecule has 2 aromatic carbocycles. The summed E-state index contributed by atoms with van der Waals surface area (Å²) < 4.78 is 0. The molecule has 140 valence electrons. The largest absolute Gasteiger partial charge is 0.356 e. The van der Waals surface area contributed by atoms with Gasteiger partial charge in [-0.15, -0.1) is 12.4 Å². The van der Waals surface area contributed by atoms with Gasteiger partial charge in [0.25, 0.3) is 0 Å². The second kappa shape index (κ2) is 11.0. The number of rotatable bonds is 7. The van der Waals surface area contributed by atoms with Crippen LogP contribution < -0.4 is 10.6 Å². The van der Waals surface area contributed by atoms with E-state index in [-0.39, 0.29) is 18.3 Å². The zero-order valence-electron chi connectivity index (χ0n) is 15.1. The minimum Gasteiger partial charge on any atom is -0.356 e. The van der Waals surface area contributed by atoms with Crippen LogP contribution in [0.25, 0.3) is 11.1 Å². The Morgan fingerprint density at radius 3 is 2.31 bits per heavy atom. The molecule has 0 bridgehead atoms. The van der Waals surface area contributed by atoms with Gasteiger partial charge in [-0.2, -0.15) is 0 Å². The maximum atomic E-state index is 12.1. The molecule has 1 amide bonds. The molecule has 26 heavy (non-hydrogen) atoms. The van der Waals surface area contributed by atoms with Crippen LogP contribution in [0.1, 0.15) is 12.0 Å². The van der Waals surface area contributed by atoms with Crippen molar-refractivity contribution >= 4 is 18.3 Å². The molecule has 1 aliphatic heterocycles. The third-order valence-corrected chi connectivity index (χ3v) is 4.61. The summed E-state index contributed by atoms with van der Waals surface area (Å²) in [6, 6.07) is 18.6. The lowest BCUT2D eigenvalue weighted by Crippen LogP contribution is -2.44. The molecule has 5 heteroatoms. The molecule has 3 rings (SSSR count). The van der Waals surface area contributed by atoms with E-state index in [1.54, 1.807) is 0 Å². The van der Waals surface area contributed by atoms with Crippen molar-refractivity contribution in [2.45, 2.75) is 12.8 Å². The second-order valence-electron chi connectivity index (χ2n) is 6.53. The first kappa shape index (κ1) is 20.4. The van der Waals surface area contributed by atoms with E-state index in [0.717, 1.165) is 51.3 Å². The molecule has 1 saturated heterocycles. The number of hydrogen-bond donors (Lipinski definition) is 2. The van der Waals surface area contributed by atoms with Crippen molar-refractivity contribution in [2.75, 3.05) is 39.3 Å². The molecule has 0 unspecified atom stereocenters. The number of hydrogen-bond acceptors (Lipinski definition) is 3. The lowest BCUT2D eigenvalue weighted by Gasteiger charge is -2.27. The Hall–Kier alpha value is -1.88. The molecule has 0 spiro atoms. The van der Waals surface area contributed by atoms with Crippen molar-refractivity contribution in [3.05, 3.63) is 60.2 Å². The first-order valence-corrected chi connectivity index (χ1v) is 9.15. The van der Waals surface area contributed by atoms with Gasteiger partial charge in [-0.05, 0) is 29.7 Å². The van der Waals surface area contributed by atoms with Gasteiger partial charge in [0.2, 0.25) is 5.91 Å². The van der Waals surface area contributed by atoms with Gasteiger partial charge in [0.1, 0.15) is 0 Å². The number of carbonyl (C=O) groups excluding carboxylic acids is 1. The maximum Gasteiger partial charge on any atom is 0.224 e. The Bertz CT molecular complexity index is 655. The van der Waals surface area contributed by atoms with Crippen molar-refractivity contribution in [3.8, 4) is 11.1 Å². The molecule has 1 fully saturated rings. The molecule has 2 N–H and O–H groups in total. The van der Waals surface area contributed by atoms with Crippen molar-refractivity contribution in [1.82, 2.24) is 15.5 Å². The number of amides is 1. The minimum atomic E-state index is 0. The lowest BCUT2D eigenvalue weighted by molar-refractivity contribution is -0.120. The van der Waals surface area contributed by atoms with Crippen LogP contribution in [0.4, 0.5) is 0 Å². The number of nitrogens with one attached hydrogen (secondary N) is 2. The third-order valence-electron chi connectivity index (χ3n) is 4.61. The summed E-state index contributed by atoms with van der Waals surface area (Å²) in [6.07, 6.45) is 1.46. The quantitative estimate of drug-likeness (QED) is 0.733. The van der Waals surface area contributed by atoms with Crippen LogP contribution in [-0.4, -0.2) is 50.1 Å². The maximum absolute atomic E-state index is 12.1. The highest BCUT2D eigenvalue weighted by Crippen LogP contribution is 2.19. The fourth-order valence-corrected chi connectivity index (χ4v) is 3.16. The second-order valence-corrected chi connectivity index (χ2v) is 6.53. The summed E-state index contributed by atoms with van der Waals surface area (Å²) in [5.74, 6) is 0.104. The zero-order chi connectivity index (χ0) is 17.3. The smallest absolute Gasteiger partial charge is 0.224 e. The highest BCUT2D eigenvalue weighted by Gasteiger charge is 2.09. The Labute approximate surface area is 162 Å². The van der Waals surface area contributed by atoms with E-state index in [1.807, 2.05) is 30.3 Å². The minimum absolute atomic E-state index is 0. The van der Waals surface area contributed by atoms with E-state index in [4.69, 9.17) is 0 Å². The number of nitrogens with zero attached hydrogens (tertiary/aromatic N) is 1. The van der Waals surface area contributed by atoms with Crippen LogP contribution in [0.3, 0.4) is 0 Å². The summed E-state index contributed by atoms with van der Waals surface area (Å²) in [5.41, 5.74) is 3.44. The van der Waals surface area contributed by atoms with Gasteiger partial charge >= 0.3 is 0 Å². The van der Waals surface area contributed by atoms with Crippen LogP contribution in [0.15, 0.2) is 54.6 Å². The first-order chi connectivity index (χ1) is 12.3. The molecular formula is C21H28ClN3O. The summed E-state index contributed by atoms with van der Waals surface area (Å²) in [4.78, 5) is 14.5. The average Bonchev–Trinajstić information content (AvgIpc) is 2.67. The monoisotopic (exact) mass is 373 g/mol. The Balaban J connectivity index is 0.00000243. The van der Waals surface area contributed by atoms with Gasteiger partial charge in [-0.25, -0.2) is 0 Å². The number of benzene rings is 2. The van der Waals surface area contributed by atoms with Crippen LogP contribution in [-0.2, 0) is 11.2 Å². The van der Waals surface area contributed by atoms with Crippen LogP contribution in [0, 0.1) is 0 Å². The Morgan fingerprint density at radius 2 is 1.62 bits per heavy atom. The average molecular weight is 374 g/mol. The van der Waals surface area contributed by atoms with Crippen molar-refractivity contribution in [2.24, 2.45) is 0 Å². The van der Waals surface area contributed by atoms with E-state index in [0.29, 0.717) is 6.42 Å². The predicted octanol–water partition coefficient (Wildman–Crippen LogP) is 2.73. The summed E-state index contributed by atoms with van der Waals surface area (Å²) >= 11 is 0. The first-order valence-electron chi connectivity index (χ1n) is 9.15. The van der Waals surface area contributed by atoms with Gasteiger partial charge < -0.3 is 15.5 Å². The van der Waals surface area contributed by atoms with Crippen LogP contribution in [0.2, 0.25) is 0 Å². The van der Waals surface area contributed by atoms with Crippen LogP contribution in [0.5, 0.6) is 0 Å². The summed E-state index contributed by atoms with van der Waals surface area (Å²) in [7, 11) is 0. The molecular weight excluding hydrogens is 346 g/mol. The number of carbonyl (C=O) groups is 1. The predicted molar refractivity (Wildman–Crippen MR) is 110 cm³/mol. The van der Waals surface area contributed by atoms with Gasteiger partial charge in [-0.1, -0.05) is 54.6 Å². The lowest BCUT2D eigenvalue weighted by atomic mass is 10.0. The molecule has 0 atom stereocenters. The van der Waals surface area contributed by atoms with Crippen LogP contribution >= 0.6 is 12.4 Å². The number of halogens is 1. The van der Waals surface area contributed by atoms with Crippen molar-refractivity contribution in [1.29, 1.82) is 0 Å².